The quantitative estimate of drug-likeness (QED) is 0.927. The summed E-state index contributed by atoms with van der Waals surface area (Å²) in [5.74, 6) is -0.235. The number of hydrogen-bond donors (Lipinski definition) is 1. The third-order valence-electron chi connectivity index (χ3n) is 4.96. The third-order valence-corrected chi connectivity index (χ3v) is 4.96. The first-order valence-corrected chi connectivity index (χ1v) is 8.27. The molecule has 1 aromatic carbocycles. The van der Waals surface area contributed by atoms with E-state index in [1.807, 2.05) is 12.1 Å². The van der Waals surface area contributed by atoms with Gasteiger partial charge in [0.15, 0.2) is 0 Å². The van der Waals surface area contributed by atoms with Gasteiger partial charge in [-0.1, -0.05) is 6.07 Å². The molecule has 0 spiro atoms. The van der Waals surface area contributed by atoms with Crippen LogP contribution in [0, 0.1) is 5.41 Å². The summed E-state index contributed by atoms with van der Waals surface area (Å²) < 4.78 is 5.94. The standard InChI is InChI=1S/C18H23NO4/c1-18(17(21)22)9-10-19(12-18)16(20)13-5-4-8-15(11-13)23-14-6-2-3-7-14/h4-5,8,11,14H,2-3,6-7,9-10,12H2,1H3,(H,21,22)/t18-/m1/s1. The van der Waals surface area contributed by atoms with Gasteiger partial charge in [0, 0.05) is 18.7 Å². The van der Waals surface area contributed by atoms with Crippen molar-refractivity contribution in [3.8, 4) is 5.75 Å². The minimum absolute atomic E-state index is 0.119. The van der Waals surface area contributed by atoms with Crippen molar-refractivity contribution in [3.05, 3.63) is 29.8 Å². The largest absolute Gasteiger partial charge is 0.490 e. The number of ether oxygens (including phenoxy) is 1. The molecule has 1 heterocycles. The summed E-state index contributed by atoms with van der Waals surface area (Å²) in [5.41, 5.74) is -0.275. The molecule has 0 unspecified atom stereocenters. The lowest BCUT2D eigenvalue weighted by atomic mass is 9.90. The summed E-state index contributed by atoms with van der Waals surface area (Å²) in [6, 6.07) is 7.24. The van der Waals surface area contributed by atoms with Crippen LogP contribution in [-0.2, 0) is 4.79 Å². The monoisotopic (exact) mass is 317 g/mol. The molecule has 1 N–H and O–H groups in total. The van der Waals surface area contributed by atoms with E-state index in [0.717, 1.165) is 18.6 Å². The van der Waals surface area contributed by atoms with Crippen LogP contribution in [0.15, 0.2) is 24.3 Å². The Hall–Kier alpha value is -2.04. The van der Waals surface area contributed by atoms with Crippen molar-refractivity contribution in [2.75, 3.05) is 13.1 Å². The SMILES string of the molecule is C[C@@]1(C(=O)O)CCN(C(=O)c2cccc(OC3CCCC3)c2)C1. The van der Waals surface area contributed by atoms with Gasteiger partial charge in [-0.2, -0.15) is 0 Å². The summed E-state index contributed by atoms with van der Waals surface area (Å²) >= 11 is 0. The fraction of sp³-hybridized carbons (Fsp3) is 0.556. The van der Waals surface area contributed by atoms with Crippen molar-refractivity contribution in [3.63, 3.8) is 0 Å². The van der Waals surface area contributed by atoms with Gasteiger partial charge in [0.1, 0.15) is 5.75 Å². The van der Waals surface area contributed by atoms with E-state index in [4.69, 9.17) is 4.74 Å². The Morgan fingerprint density at radius 3 is 2.70 bits per heavy atom. The molecule has 3 rings (SSSR count). The predicted molar refractivity (Wildman–Crippen MR) is 85.6 cm³/mol. The highest BCUT2D eigenvalue weighted by molar-refractivity contribution is 5.95. The van der Waals surface area contributed by atoms with Crippen molar-refractivity contribution >= 4 is 11.9 Å². The number of nitrogens with zero attached hydrogens (tertiary/aromatic N) is 1. The molecule has 1 aromatic rings. The second-order valence-electron chi connectivity index (χ2n) is 6.89. The molecule has 1 aliphatic heterocycles. The first kappa shape index (κ1) is 15.8. The van der Waals surface area contributed by atoms with Crippen LogP contribution in [0.1, 0.15) is 49.4 Å². The Balaban J connectivity index is 1.69. The minimum Gasteiger partial charge on any atom is -0.490 e. The summed E-state index contributed by atoms with van der Waals surface area (Å²) in [7, 11) is 0. The minimum atomic E-state index is -0.842. The van der Waals surface area contributed by atoms with Crippen molar-refractivity contribution in [1.82, 2.24) is 4.90 Å². The number of rotatable bonds is 4. The molecule has 1 atom stereocenters. The first-order valence-electron chi connectivity index (χ1n) is 8.27. The Labute approximate surface area is 136 Å². The van der Waals surface area contributed by atoms with Gasteiger partial charge in [0.2, 0.25) is 0 Å². The summed E-state index contributed by atoms with van der Waals surface area (Å²) in [6.07, 6.45) is 5.28. The first-order chi connectivity index (χ1) is 11.0. The molecule has 23 heavy (non-hydrogen) atoms. The van der Waals surface area contributed by atoms with Gasteiger partial charge in [-0.05, 0) is 57.2 Å². The zero-order valence-electron chi connectivity index (χ0n) is 13.5. The van der Waals surface area contributed by atoms with Crippen LogP contribution in [0.4, 0.5) is 0 Å². The van der Waals surface area contributed by atoms with Crippen LogP contribution in [0.2, 0.25) is 0 Å². The van der Waals surface area contributed by atoms with Gasteiger partial charge >= 0.3 is 5.97 Å². The Bertz CT molecular complexity index is 609. The average Bonchev–Trinajstić information content (AvgIpc) is 3.17. The fourth-order valence-electron chi connectivity index (χ4n) is 3.39. The zero-order valence-corrected chi connectivity index (χ0v) is 13.5. The van der Waals surface area contributed by atoms with Gasteiger partial charge in [-0.3, -0.25) is 9.59 Å². The molecule has 1 saturated heterocycles. The molecule has 2 aliphatic rings. The van der Waals surface area contributed by atoms with Crippen molar-refractivity contribution in [2.24, 2.45) is 5.41 Å². The van der Waals surface area contributed by atoms with E-state index in [0.29, 0.717) is 18.5 Å². The maximum absolute atomic E-state index is 12.6. The zero-order chi connectivity index (χ0) is 16.4. The van der Waals surface area contributed by atoms with Crippen LogP contribution in [0.5, 0.6) is 5.75 Å². The number of aliphatic carboxylic acids is 1. The van der Waals surface area contributed by atoms with Crippen molar-refractivity contribution < 1.29 is 19.4 Å². The molecule has 0 bridgehead atoms. The number of amides is 1. The van der Waals surface area contributed by atoms with Crippen LogP contribution >= 0.6 is 0 Å². The molecule has 5 heteroatoms. The lowest BCUT2D eigenvalue weighted by molar-refractivity contribution is -0.147. The molecule has 0 aromatic heterocycles. The third kappa shape index (κ3) is 3.33. The second kappa shape index (κ2) is 6.22. The fourth-order valence-corrected chi connectivity index (χ4v) is 3.39. The molecule has 1 saturated carbocycles. The van der Waals surface area contributed by atoms with Crippen molar-refractivity contribution in [2.45, 2.75) is 45.1 Å². The Kier molecular flexibility index (Phi) is 4.28. The second-order valence-corrected chi connectivity index (χ2v) is 6.89. The summed E-state index contributed by atoms with van der Waals surface area (Å²) in [5, 5.41) is 9.29. The lowest BCUT2D eigenvalue weighted by Crippen LogP contribution is -2.34. The topological polar surface area (TPSA) is 66.8 Å². The number of carbonyl (C=O) groups excluding carboxylic acids is 1. The van der Waals surface area contributed by atoms with E-state index in [2.05, 4.69) is 0 Å². The van der Waals surface area contributed by atoms with Crippen molar-refractivity contribution in [1.29, 1.82) is 0 Å². The van der Waals surface area contributed by atoms with E-state index in [1.54, 1.807) is 24.0 Å². The van der Waals surface area contributed by atoms with Gasteiger partial charge in [-0.25, -0.2) is 0 Å². The highest BCUT2D eigenvalue weighted by Crippen LogP contribution is 2.31. The average molecular weight is 317 g/mol. The molecule has 2 fully saturated rings. The maximum Gasteiger partial charge on any atom is 0.311 e. The molecular formula is C18H23NO4. The van der Waals surface area contributed by atoms with E-state index in [9.17, 15) is 14.7 Å². The molecule has 5 nitrogen and oxygen atoms in total. The van der Waals surface area contributed by atoms with Crippen LogP contribution in [0.25, 0.3) is 0 Å². The van der Waals surface area contributed by atoms with E-state index < -0.39 is 11.4 Å². The van der Waals surface area contributed by atoms with E-state index in [1.165, 1.54) is 12.8 Å². The number of benzene rings is 1. The van der Waals surface area contributed by atoms with Gasteiger partial charge in [0.25, 0.3) is 5.91 Å². The summed E-state index contributed by atoms with van der Waals surface area (Å²) in [4.78, 5) is 25.6. The van der Waals surface area contributed by atoms with Gasteiger partial charge < -0.3 is 14.7 Å². The molecule has 0 radical (unpaired) electrons. The van der Waals surface area contributed by atoms with Crippen LogP contribution < -0.4 is 4.74 Å². The number of carboxylic acid groups (broad SMARTS) is 1. The van der Waals surface area contributed by atoms with E-state index >= 15 is 0 Å². The van der Waals surface area contributed by atoms with Crippen LogP contribution in [0.3, 0.4) is 0 Å². The lowest BCUT2D eigenvalue weighted by Gasteiger charge is -2.20. The highest BCUT2D eigenvalue weighted by atomic mass is 16.5. The van der Waals surface area contributed by atoms with E-state index in [-0.39, 0.29) is 18.6 Å². The normalized spacial score (nSPS) is 24.8. The number of likely N-dealkylation sites (tertiary alicyclic amines) is 1. The maximum atomic E-state index is 12.6. The van der Waals surface area contributed by atoms with Crippen LogP contribution in [-0.4, -0.2) is 41.1 Å². The molecular weight excluding hydrogens is 294 g/mol. The summed E-state index contributed by atoms with van der Waals surface area (Å²) in [6.45, 7) is 2.44. The highest BCUT2D eigenvalue weighted by Gasteiger charge is 2.42. The molecule has 1 amide bonds. The Morgan fingerprint density at radius 2 is 2.04 bits per heavy atom. The number of hydrogen-bond acceptors (Lipinski definition) is 3. The van der Waals surface area contributed by atoms with Gasteiger partial charge in [0.05, 0.1) is 11.5 Å². The number of carbonyl (C=O) groups is 2. The number of carboxylic acids is 1. The molecule has 124 valence electrons. The smallest absolute Gasteiger partial charge is 0.311 e. The Morgan fingerprint density at radius 1 is 1.30 bits per heavy atom. The predicted octanol–water partition coefficient (Wildman–Crippen LogP) is 2.94. The molecule has 1 aliphatic carbocycles. The van der Waals surface area contributed by atoms with Gasteiger partial charge in [-0.15, -0.1) is 0 Å².